The number of nitrogens with one attached hydrogen (secondary N) is 1. The molecule has 0 saturated carbocycles. The van der Waals surface area contributed by atoms with E-state index in [2.05, 4.69) is 4.98 Å². The van der Waals surface area contributed by atoms with E-state index in [1.54, 1.807) is 16.8 Å². The third-order valence-corrected chi connectivity index (χ3v) is 6.31. The van der Waals surface area contributed by atoms with Crippen molar-refractivity contribution in [1.29, 1.82) is 0 Å². The SMILES string of the molecule is CCOc1ccc(-n2c(SCC(=O)c3c[nH]c4ccccc34)nc3ccccc3c2=O)cc1. The number of H-pyrrole nitrogens is 1. The predicted octanol–water partition coefficient (Wildman–Crippen LogP) is 5.24. The van der Waals surface area contributed by atoms with Crippen molar-refractivity contribution in [2.24, 2.45) is 0 Å². The summed E-state index contributed by atoms with van der Waals surface area (Å²) in [6.07, 6.45) is 1.74. The highest BCUT2D eigenvalue weighted by atomic mass is 32.2. The number of para-hydroxylation sites is 2. The Bertz CT molecular complexity index is 1520. The second-order valence-electron chi connectivity index (χ2n) is 7.44. The van der Waals surface area contributed by atoms with Gasteiger partial charge in [-0.05, 0) is 49.4 Å². The van der Waals surface area contributed by atoms with E-state index < -0.39 is 0 Å². The number of aromatic nitrogens is 3. The molecule has 0 bridgehead atoms. The summed E-state index contributed by atoms with van der Waals surface area (Å²) in [5, 5.41) is 1.88. The Balaban J connectivity index is 1.53. The Kier molecular flexibility index (Phi) is 5.71. The topological polar surface area (TPSA) is 77.0 Å². The fourth-order valence-electron chi connectivity index (χ4n) is 3.81. The minimum Gasteiger partial charge on any atom is -0.494 e. The molecule has 5 rings (SSSR count). The molecule has 0 atom stereocenters. The number of thioether (sulfide) groups is 1. The van der Waals surface area contributed by atoms with Crippen LogP contribution in [0.1, 0.15) is 17.3 Å². The monoisotopic (exact) mass is 455 g/mol. The summed E-state index contributed by atoms with van der Waals surface area (Å²) in [7, 11) is 0. The summed E-state index contributed by atoms with van der Waals surface area (Å²) in [6, 6.07) is 22.3. The zero-order valence-electron chi connectivity index (χ0n) is 17.9. The van der Waals surface area contributed by atoms with Crippen LogP contribution in [-0.4, -0.2) is 32.7 Å². The van der Waals surface area contributed by atoms with Crippen molar-refractivity contribution in [1.82, 2.24) is 14.5 Å². The second kappa shape index (κ2) is 8.96. The van der Waals surface area contributed by atoms with Crippen LogP contribution in [0.2, 0.25) is 0 Å². The molecule has 5 aromatic rings. The number of benzene rings is 3. The number of fused-ring (bicyclic) bond motifs is 2. The summed E-state index contributed by atoms with van der Waals surface area (Å²) in [6.45, 7) is 2.49. The van der Waals surface area contributed by atoms with E-state index in [1.807, 2.05) is 73.7 Å². The van der Waals surface area contributed by atoms with Gasteiger partial charge in [0, 0.05) is 22.7 Å². The van der Waals surface area contributed by atoms with Gasteiger partial charge in [0.25, 0.3) is 5.56 Å². The Morgan fingerprint density at radius 1 is 1.00 bits per heavy atom. The van der Waals surface area contributed by atoms with Gasteiger partial charge in [-0.3, -0.25) is 14.2 Å². The van der Waals surface area contributed by atoms with Gasteiger partial charge in [0.15, 0.2) is 10.9 Å². The summed E-state index contributed by atoms with van der Waals surface area (Å²) in [4.78, 5) is 34.3. The zero-order chi connectivity index (χ0) is 22.8. The summed E-state index contributed by atoms with van der Waals surface area (Å²) < 4.78 is 7.09. The van der Waals surface area contributed by atoms with Crippen LogP contribution in [0.4, 0.5) is 0 Å². The van der Waals surface area contributed by atoms with Gasteiger partial charge in [-0.1, -0.05) is 42.1 Å². The fourth-order valence-corrected chi connectivity index (χ4v) is 4.70. The molecule has 0 amide bonds. The van der Waals surface area contributed by atoms with Gasteiger partial charge in [-0.15, -0.1) is 0 Å². The van der Waals surface area contributed by atoms with Gasteiger partial charge in [0.05, 0.1) is 29.0 Å². The van der Waals surface area contributed by atoms with Crippen molar-refractivity contribution in [2.45, 2.75) is 12.1 Å². The lowest BCUT2D eigenvalue weighted by Crippen LogP contribution is -2.22. The van der Waals surface area contributed by atoms with Crippen molar-refractivity contribution < 1.29 is 9.53 Å². The minimum atomic E-state index is -0.174. The summed E-state index contributed by atoms with van der Waals surface area (Å²) >= 11 is 1.26. The maximum Gasteiger partial charge on any atom is 0.266 e. The number of ketones is 1. The number of aromatic amines is 1. The van der Waals surface area contributed by atoms with Crippen LogP contribution in [0, 0.1) is 0 Å². The van der Waals surface area contributed by atoms with Crippen molar-refractivity contribution >= 4 is 39.4 Å². The second-order valence-corrected chi connectivity index (χ2v) is 8.38. The van der Waals surface area contributed by atoms with Crippen LogP contribution in [0.5, 0.6) is 5.75 Å². The molecule has 1 N–H and O–H groups in total. The molecular formula is C26H21N3O3S. The Morgan fingerprint density at radius 3 is 2.52 bits per heavy atom. The van der Waals surface area contributed by atoms with Crippen LogP contribution in [0.3, 0.4) is 0 Å². The van der Waals surface area contributed by atoms with Crippen molar-refractivity contribution in [2.75, 3.05) is 12.4 Å². The Labute approximate surface area is 194 Å². The number of ether oxygens (including phenoxy) is 1. The summed E-state index contributed by atoms with van der Waals surface area (Å²) in [5.74, 6) is 0.855. The molecule has 3 aromatic carbocycles. The highest BCUT2D eigenvalue weighted by molar-refractivity contribution is 7.99. The molecule has 2 aromatic heterocycles. The average molecular weight is 456 g/mol. The van der Waals surface area contributed by atoms with Crippen LogP contribution in [0.15, 0.2) is 88.9 Å². The number of carbonyl (C=O) groups excluding carboxylic acids is 1. The molecule has 2 heterocycles. The van der Waals surface area contributed by atoms with Crippen molar-refractivity contribution in [3.05, 3.63) is 94.9 Å². The first-order valence-electron chi connectivity index (χ1n) is 10.6. The molecule has 164 valence electrons. The van der Waals surface area contributed by atoms with Crippen molar-refractivity contribution in [3.8, 4) is 11.4 Å². The van der Waals surface area contributed by atoms with E-state index in [1.165, 1.54) is 11.8 Å². The highest BCUT2D eigenvalue weighted by Crippen LogP contribution is 2.25. The lowest BCUT2D eigenvalue weighted by atomic mass is 10.1. The van der Waals surface area contributed by atoms with Crippen LogP contribution in [0.25, 0.3) is 27.5 Å². The molecule has 0 aliphatic heterocycles. The predicted molar refractivity (Wildman–Crippen MR) is 132 cm³/mol. The highest BCUT2D eigenvalue weighted by Gasteiger charge is 2.17. The van der Waals surface area contributed by atoms with Gasteiger partial charge in [0.1, 0.15) is 5.75 Å². The lowest BCUT2D eigenvalue weighted by Gasteiger charge is -2.13. The average Bonchev–Trinajstić information content (AvgIpc) is 3.28. The van der Waals surface area contributed by atoms with E-state index >= 15 is 0 Å². The molecule has 0 saturated heterocycles. The number of Topliss-reactive ketones (excluding diaryl/α,β-unsaturated/α-hetero) is 1. The van der Waals surface area contributed by atoms with Crippen LogP contribution in [-0.2, 0) is 0 Å². The molecule has 0 fully saturated rings. The molecule has 0 aliphatic carbocycles. The molecule has 0 unspecified atom stereocenters. The van der Waals surface area contributed by atoms with E-state index in [9.17, 15) is 9.59 Å². The molecule has 33 heavy (non-hydrogen) atoms. The van der Waals surface area contributed by atoms with Crippen molar-refractivity contribution in [3.63, 3.8) is 0 Å². The third kappa shape index (κ3) is 4.03. The number of hydrogen-bond acceptors (Lipinski definition) is 5. The molecule has 0 radical (unpaired) electrons. The molecular weight excluding hydrogens is 434 g/mol. The van der Waals surface area contributed by atoms with Gasteiger partial charge in [0.2, 0.25) is 0 Å². The molecule has 0 aliphatic rings. The van der Waals surface area contributed by atoms with E-state index in [-0.39, 0.29) is 17.1 Å². The number of nitrogens with zero attached hydrogens (tertiary/aromatic N) is 2. The first-order valence-corrected chi connectivity index (χ1v) is 11.6. The van der Waals surface area contributed by atoms with Gasteiger partial charge >= 0.3 is 0 Å². The maximum atomic E-state index is 13.4. The molecule has 0 spiro atoms. The largest absolute Gasteiger partial charge is 0.494 e. The zero-order valence-corrected chi connectivity index (χ0v) is 18.8. The number of rotatable bonds is 7. The maximum absolute atomic E-state index is 13.4. The normalized spacial score (nSPS) is 11.2. The molecule has 7 heteroatoms. The third-order valence-electron chi connectivity index (χ3n) is 5.37. The smallest absolute Gasteiger partial charge is 0.266 e. The lowest BCUT2D eigenvalue weighted by molar-refractivity contribution is 0.102. The van der Waals surface area contributed by atoms with E-state index in [0.717, 1.165) is 16.7 Å². The number of hydrogen-bond donors (Lipinski definition) is 1. The quantitative estimate of drug-likeness (QED) is 0.206. The first-order chi connectivity index (χ1) is 16.2. The van der Waals surface area contributed by atoms with Crippen LogP contribution < -0.4 is 10.3 Å². The standard InChI is InChI=1S/C26H21N3O3S/c1-2-32-18-13-11-17(12-14-18)29-25(31)20-8-4-6-10-23(20)28-26(29)33-16-24(30)21-15-27-22-9-5-3-7-19(21)22/h3-15,27H,2,16H2,1H3. The fraction of sp³-hybridized carbons (Fsp3) is 0.115. The van der Waals surface area contributed by atoms with Gasteiger partial charge in [-0.25, -0.2) is 4.98 Å². The Hall–Kier alpha value is -3.84. The van der Waals surface area contributed by atoms with Gasteiger partial charge < -0.3 is 9.72 Å². The van der Waals surface area contributed by atoms with E-state index in [4.69, 9.17) is 9.72 Å². The first kappa shape index (κ1) is 21.0. The van der Waals surface area contributed by atoms with Gasteiger partial charge in [-0.2, -0.15) is 0 Å². The Morgan fingerprint density at radius 2 is 1.73 bits per heavy atom. The molecule has 6 nitrogen and oxygen atoms in total. The summed E-state index contributed by atoms with van der Waals surface area (Å²) in [5.41, 5.74) is 2.65. The van der Waals surface area contributed by atoms with E-state index in [0.29, 0.717) is 33.9 Å². The van der Waals surface area contributed by atoms with Crippen LogP contribution >= 0.6 is 11.8 Å². The minimum absolute atomic E-state index is 0.0295. The number of carbonyl (C=O) groups is 1.